The molecule has 0 saturated heterocycles. The Hall–Kier alpha value is -0.740. The van der Waals surface area contributed by atoms with E-state index in [-0.39, 0.29) is 0 Å². The van der Waals surface area contributed by atoms with Crippen molar-refractivity contribution in [1.82, 2.24) is 13.5 Å². The van der Waals surface area contributed by atoms with E-state index in [1.165, 1.54) is 5.30 Å². The van der Waals surface area contributed by atoms with Crippen LogP contribution in [0.5, 0.6) is 0 Å². The molecule has 2 aromatic rings. The highest BCUT2D eigenvalue weighted by Gasteiger charge is 2.06. The largest absolute Gasteiger partial charge is 0.346 e. The fourth-order valence-corrected chi connectivity index (χ4v) is 4.38. The van der Waals surface area contributed by atoms with Crippen LogP contribution in [0.25, 0.3) is 11.4 Å². The van der Waals surface area contributed by atoms with Crippen LogP contribution in [-0.4, -0.2) is 13.5 Å². The Labute approximate surface area is 86.6 Å². The summed E-state index contributed by atoms with van der Waals surface area (Å²) in [6.07, 6.45) is 1.83. The second-order valence-corrected chi connectivity index (χ2v) is 6.13. The highest BCUT2D eigenvalue weighted by molar-refractivity contribution is 7.58. The van der Waals surface area contributed by atoms with Gasteiger partial charge < -0.3 is 0 Å². The zero-order valence-electron chi connectivity index (χ0n) is 7.28. The van der Waals surface area contributed by atoms with Crippen LogP contribution in [0.2, 0.25) is 0 Å². The predicted octanol–water partition coefficient (Wildman–Crippen LogP) is 3.93. The van der Waals surface area contributed by atoms with Gasteiger partial charge in [-0.2, -0.15) is 0 Å². The summed E-state index contributed by atoms with van der Waals surface area (Å²) in [5.41, 5.74) is 1.13. The lowest BCUT2D eigenvalue weighted by atomic mass is 10.2. The molecule has 68 valence electrons. The summed E-state index contributed by atoms with van der Waals surface area (Å²) in [7, 11) is 0.931. The van der Waals surface area contributed by atoms with E-state index in [9.17, 15) is 0 Å². The first-order valence-electron chi connectivity index (χ1n) is 3.94. The van der Waals surface area contributed by atoms with E-state index in [4.69, 9.17) is 0 Å². The van der Waals surface area contributed by atoms with Crippen molar-refractivity contribution in [3.63, 3.8) is 0 Å². The third-order valence-electron chi connectivity index (χ3n) is 1.69. The minimum Gasteiger partial charge on any atom is -0.0985 e. The molecular formula is C8H7N3P3+. The Balaban J connectivity index is 2.39. The third kappa shape index (κ3) is 2.19. The molecule has 1 aromatic carbocycles. The molecule has 14 heavy (non-hydrogen) atoms. The van der Waals surface area contributed by atoms with E-state index in [1.54, 1.807) is 0 Å². The smallest absolute Gasteiger partial charge is 0.0985 e. The maximum absolute atomic E-state index is 4.33. The molecule has 0 N–H and O–H groups in total. The Morgan fingerprint density at radius 1 is 1.14 bits per heavy atom. The molecule has 0 bridgehead atoms. The highest BCUT2D eigenvalue weighted by atomic mass is 31.2. The number of hydrogen-bond donors (Lipinski definition) is 0. The molecule has 1 aromatic heterocycles. The summed E-state index contributed by atoms with van der Waals surface area (Å²) >= 11 is 0. The maximum Gasteiger partial charge on any atom is 0.346 e. The second-order valence-electron chi connectivity index (χ2n) is 2.53. The average molecular weight is 238 g/mol. The van der Waals surface area contributed by atoms with E-state index >= 15 is 0 Å². The van der Waals surface area contributed by atoms with Gasteiger partial charge in [0.1, 0.15) is 0 Å². The SMILES string of the molecule is C=Cc1ccc(-[p+]2npnpn2)cc1. The van der Waals surface area contributed by atoms with E-state index in [0.717, 1.165) is 22.6 Å². The van der Waals surface area contributed by atoms with Gasteiger partial charge in [-0.15, -0.1) is 0 Å². The lowest BCUT2D eigenvalue weighted by molar-refractivity contribution is 1.64. The summed E-state index contributed by atoms with van der Waals surface area (Å²) < 4.78 is 12.6. The van der Waals surface area contributed by atoms with Gasteiger partial charge in [-0.1, -0.05) is 24.8 Å². The fourth-order valence-electron chi connectivity index (χ4n) is 0.994. The summed E-state index contributed by atoms with van der Waals surface area (Å²) in [6.45, 7) is 3.71. The lowest BCUT2D eigenvalue weighted by Gasteiger charge is -1.93. The van der Waals surface area contributed by atoms with Crippen molar-refractivity contribution in [2.75, 3.05) is 0 Å². The highest BCUT2D eigenvalue weighted by Crippen LogP contribution is 2.34. The Bertz CT molecular complexity index is 429. The van der Waals surface area contributed by atoms with Crippen molar-refractivity contribution in [3.8, 4) is 5.30 Å². The molecule has 0 aliphatic heterocycles. The molecule has 6 heteroatoms. The first-order valence-corrected chi connectivity index (χ1v) is 6.79. The van der Waals surface area contributed by atoms with Gasteiger partial charge in [0.2, 0.25) is 7.85 Å². The maximum atomic E-state index is 4.33. The molecule has 0 spiro atoms. The molecule has 3 nitrogen and oxygen atoms in total. The predicted molar refractivity (Wildman–Crippen MR) is 63.4 cm³/mol. The number of rotatable bonds is 2. The standard InChI is InChI=1S/C8H7N3P3/c1-2-7-3-5-8(6-4-7)14-10-12-9-13-11-14/h2-6H,1H2/q+1. The van der Waals surface area contributed by atoms with Gasteiger partial charge in [-0.3, -0.25) is 0 Å². The molecule has 0 aliphatic carbocycles. The van der Waals surface area contributed by atoms with Crippen LogP contribution in [0.4, 0.5) is 0 Å². The quantitative estimate of drug-likeness (QED) is 0.795. The van der Waals surface area contributed by atoms with E-state index in [0.29, 0.717) is 0 Å². The van der Waals surface area contributed by atoms with Crippen molar-refractivity contribution in [2.45, 2.75) is 0 Å². The average Bonchev–Trinajstić information content (AvgIpc) is 2.30. The van der Waals surface area contributed by atoms with Crippen LogP contribution < -0.4 is 0 Å². The van der Waals surface area contributed by atoms with Crippen LogP contribution in [0.3, 0.4) is 0 Å². The monoisotopic (exact) mass is 238 g/mol. The van der Waals surface area contributed by atoms with Crippen LogP contribution in [0.1, 0.15) is 5.56 Å². The number of benzene rings is 1. The number of aromatic nitrogens is 3. The normalized spacial score (nSPS) is 12.1. The molecular weight excluding hydrogens is 231 g/mol. The lowest BCUT2D eigenvalue weighted by Crippen LogP contribution is -1.73. The van der Waals surface area contributed by atoms with Gasteiger partial charge in [0.25, 0.3) is 0 Å². The number of hydrogen-bond acceptors (Lipinski definition) is 3. The first kappa shape index (κ1) is 9.80. The van der Waals surface area contributed by atoms with Crippen molar-refractivity contribution in [1.29, 1.82) is 0 Å². The summed E-state index contributed by atoms with van der Waals surface area (Å²) in [5, 5.41) is 1.18. The van der Waals surface area contributed by atoms with Crippen LogP contribution in [0, 0.1) is 0 Å². The topological polar surface area (TPSA) is 38.7 Å². The van der Waals surface area contributed by atoms with Gasteiger partial charge in [-0.25, -0.2) is 0 Å². The molecule has 1 heterocycles. The van der Waals surface area contributed by atoms with Gasteiger partial charge in [0.15, 0.2) is 0 Å². The van der Waals surface area contributed by atoms with Crippen LogP contribution >= 0.6 is 24.9 Å². The van der Waals surface area contributed by atoms with Gasteiger partial charge in [-0.05, 0) is 31.2 Å². The molecule has 0 unspecified atom stereocenters. The molecule has 2 rings (SSSR count). The Morgan fingerprint density at radius 2 is 1.79 bits per heavy atom. The van der Waals surface area contributed by atoms with Gasteiger partial charge >= 0.3 is 17.0 Å². The Morgan fingerprint density at radius 3 is 2.36 bits per heavy atom. The van der Waals surface area contributed by atoms with Crippen molar-refractivity contribution in [3.05, 3.63) is 36.4 Å². The fraction of sp³-hybridized carbons (Fsp3) is 0. The summed E-state index contributed by atoms with van der Waals surface area (Å²) in [5.74, 6) is 0. The first-order chi connectivity index (χ1) is 6.90. The third-order valence-corrected chi connectivity index (χ3v) is 5.08. The van der Waals surface area contributed by atoms with Crippen molar-refractivity contribution in [2.24, 2.45) is 0 Å². The van der Waals surface area contributed by atoms with Crippen LogP contribution in [0.15, 0.2) is 30.8 Å². The van der Waals surface area contributed by atoms with E-state index in [1.807, 2.05) is 18.2 Å². The van der Waals surface area contributed by atoms with Crippen molar-refractivity contribution < 1.29 is 0 Å². The summed E-state index contributed by atoms with van der Waals surface area (Å²) in [6, 6.07) is 8.20. The minimum absolute atomic E-state index is 0.687. The van der Waals surface area contributed by atoms with Crippen molar-refractivity contribution >= 4 is 30.9 Å². The molecule has 0 saturated carbocycles. The van der Waals surface area contributed by atoms with Gasteiger partial charge in [0.05, 0.1) is 5.30 Å². The number of nitrogens with zero attached hydrogens (tertiary/aromatic N) is 3. The summed E-state index contributed by atoms with van der Waals surface area (Å²) in [4.78, 5) is 0. The zero-order chi connectivity index (χ0) is 9.80. The molecule has 0 radical (unpaired) electrons. The van der Waals surface area contributed by atoms with Gasteiger partial charge in [0, 0.05) is 0 Å². The molecule has 0 fully saturated rings. The van der Waals surface area contributed by atoms with E-state index < -0.39 is 7.85 Å². The van der Waals surface area contributed by atoms with Crippen LogP contribution in [-0.2, 0) is 0 Å². The Kier molecular flexibility index (Phi) is 3.26. The van der Waals surface area contributed by atoms with E-state index in [2.05, 4.69) is 32.2 Å². The minimum atomic E-state index is -0.687. The molecule has 0 aliphatic rings. The zero-order valence-corrected chi connectivity index (χ0v) is 9.96. The molecule has 0 atom stereocenters. The molecule has 0 amide bonds. The second kappa shape index (κ2) is 4.66.